The van der Waals surface area contributed by atoms with E-state index in [-0.39, 0.29) is 24.1 Å². The zero-order valence-corrected chi connectivity index (χ0v) is 14.1. The van der Waals surface area contributed by atoms with E-state index in [0.717, 1.165) is 16.9 Å². The molecule has 0 saturated heterocycles. The number of anilines is 1. The van der Waals surface area contributed by atoms with Gasteiger partial charge in [-0.3, -0.25) is 9.59 Å². The molecule has 126 valence electrons. The number of rotatable bonds is 7. The number of ether oxygens (including phenoxy) is 1. The van der Waals surface area contributed by atoms with Crippen LogP contribution in [0.4, 0.5) is 10.1 Å². The van der Waals surface area contributed by atoms with Crippen molar-refractivity contribution in [2.45, 2.75) is 18.2 Å². The van der Waals surface area contributed by atoms with Crippen LogP contribution >= 0.6 is 11.8 Å². The third-order valence-electron chi connectivity index (χ3n) is 3.15. The van der Waals surface area contributed by atoms with E-state index in [2.05, 4.69) is 5.32 Å². The number of amides is 1. The molecule has 0 aliphatic heterocycles. The predicted octanol–water partition coefficient (Wildman–Crippen LogP) is 3.66. The first-order chi connectivity index (χ1) is 11.6. The minimum Gasteiger partial charge on any atom is -0.455 e. The lowest BCUT2D eigenvalue weighted by Gasteiger charge is -2.07. The van der Waals surface area contributed by atoms with Crippen LogP contribution in [0.25, 0.3) is 0 Å². The second kappa shape index (κ2) is 9.08. The second-order valence-corrected chi connectivity index (χ2v) is 6.05. The number of benzene rings is 2. The standard InChI is InChI=1S/C18H18FNO3S/c1-2-13-4-3-5-15(10-13)20-17(21)11-23-18(22)12-24-16-8-6-14(19)7-9-16/h3-10H,2,11-12H2,1H3,(H,20,21). The highest BCUT2D eigenvalue weighted by Crippen LogP contribution is 2.18. The van der Waals surface area contributed by atoms with Crippen molar-refractivity contribution in [2.75, 3.05) is 17.7 Å². The van der Waals surface area contributed by atoms with Crippen LogP contribution in [0.2, 0.25) is 0 Å². The van der Waals surface area contributed by atoms with Crippen LogP contribution in [0.1, 0.15) is 12.5 Å². The van der Waals surface area contributed by atoms with E-state index in [9.17, 15) is 14.0 Å². The molecule has 0 saturated carbocycles. The van der Waals surface area contributed by atoms with Crippen LogP contribution in [0.5, 0.6) is 0 Å². The Morgan fingerprint density at radius 1 is 1.17 bits per heavy atom. The van der Waals surface area contributed by atoms with Gasteiger partial charge in [0.2, 0.25) is 0 Å². The number of carbonyl (C=O) groups excluding carboxylic acids is 2. The van der Waals surface area contributed by atoms with Gasteiger partial charge in [-0.25, -0.2) is 4.39 Å². The van der Waals surface area contributed by atoms with Crippen LogP contribution in [-0.2, 0) is 20.7 Å². The van der Waals surface area contributed by atoms with Crippen molar-refractivity contribution in [3.05, 3.63) is 59.9 Å². The largest absolute Gasteiger partial charge is 0.455 e. The summed E-state index contributed by atoms with van der Waals surface area (Å²) in [5, 5.41) is 2.69. The predicted molar refractivity (Wildman–Crippen MR) is 92.5 cm³/mol. The first kappa shape index (κ1) is 18.0. The average molecular weight is 347 g/mol. The van der Waals surface area contributed by atoms with Gasteiger partial charge in [0.25, 0.3) is 5.91 Å². The third-order valence-corrected chi connectivity index (χ3v) is 4.14. The fraction of sp³-hybridized carbons (Fsp3) is 0.222. The Labute approximate surface area is 144 Å². The maximum Gasteiger partial charge on any atom is 0.316 e. The van der Waals surface area contributed by atoms with Crippen molar-refractivity contribution in [1.82, 2.24) is 0 Å². The summed E-state index contributed by atoms with van der Waals surface area (Å²) >= 11 is 1.22. The minimum absolute atomic E-state index is 0.0598. The van der Waals surface area contributed by atoms with Crippen LogP contribution in [0.3, 0.4) is 0 Å². The summed E-state index contributed by atoms with van der Waals surface area (Å²) in [4.78, 5) is 24.2. The van der Waals surface area contributed by atoms with Crippen LogP contribution in [0.15, 0.2) is 53.4 Å². The lowest BCUT2D eigenvalue weighted by Crippen LogP contribution is -2.21. The molecule has 24 heavy (non-hydrogen) atoms. The van der Waals surface area contributed by atoms with E-state index in [1.165, 1.54) is 23.9 Å². The molecule has 0 unspecified atom stereocenters. The normalized spacial score (nSPS) is 10.2. The smallest absolute Gasteiger partial charge is 0.316 e. The lowest BCUT2D eigenvalue weighted by atomic mass is 10.1. The number of hydrogen-bond acceptors (Lipinski definition) is 4. The molecular weight excluding hydrogens is 329 g/mol. The van der Waals surface area contributed by atoms with Crippen molar-refractivity contribution < 1.29 is 18.7 Å². The van der Waals surface area contributed by atoms with Gasteiger partial charge in [0.05, 0.1) is 5.75 Å². The van der Waals surface area contributed by atoms with Crippen molar-refractivity contribution in [2.24, 2.45) is 0 Å². The highest BCUT2D eigenvalue weighted by molar-refractivity contribution is 8.00. The molecule has 0 spiro atoms. The Morgan fingerprint density at radius 2 is 1.92 bits per heavy atom. The first-order valence-electron chi connectivity index (χ1n) is 7.49. The first-order valence-corrected chi connectivity index (χ1v) is 8.48. The molecule has 0 aromatic heterocycles. The third kappa shape index (κ3) is 6.04. The van der Waals surface area contributed by atoms with Crippen LogP contribution in [0, 0.1) is 5.82 Å². The molecule has 2 rings (SSSR count). The molecule has 4 nitrogen and oxygen atoms in total. The number of aryl methyl sites for hydroxylation is 1. The Morgan fingerprint density at radius 3 is 2.62 bits per heavy atom. The molecule has 2 aromatic rings. The molecule has 0 radical (unpaired) electrons. The lowest BCUT2D eigenvalue weighted by molar-refractivity contribution is -0.144. The van der Waals surface area contributed by atoms with E-state index < -0.39 is 5.97 Å². The van der Waals surface area contributed by atoms with E-state index in [0.29, 0.717) is 5.69 Å². The van der Waals surface area contributed by atoms with E-state index in [4.69, 9.17) is 4.74 Å². The van der Waals surface area contributed by atoms with Gasteiger partial charge in [-0.2, -0.15) is 0 Å². The Kier molecular flexibility index (Phi) is 6.81. The fourth-order valence-corrected chi connectivity index (χ4v) is 2.62. The summed E-state index contributed by atoms with van der Waals surface area (Å²) in [7, 11) is 0. The minimum atomic E-state index is -0.498. The van der Waals surface area contributed by atoms with Crippen molar-refractivity contribution in [3.8, 4) is 0 Å². The molecule has 2 aromatic carbocycles. The molecule has 6 heteroatoms. The molecule has 0 aliphatic rings. The van der Waals surface area contributed by atoms with Crippen LogP contribution < -0.4 is 5.32 Å². The number of esters is 1. The van der Waals surface area contributed by atoms with Gasteiger partial charge in [-0.1, -0.05) is 19.1 Å². The fourth-order valence-electron chi connectivity index (χ4n) is 1.93. The Hall–Kier alpha value is -2.34. The molecule has 0 atom stereocenters. The van der Waals surface area contributed by atoms with E-state index in [1.807, 2.05) is 25.1 Å². The zero-order chi connectivity index (χ0) is 17.4. The highest BCUT2D eigenvalue weighted by Gasteiger charge is 2.09. The summed E-state index contributed by atoms with van der Waals surface area (Å²) in [5.41, 5.74) is 1.79. The average Bonchev–Trinajstić information content (AvgIpc) is 2.59. The van der Waals surface area contributed by atoms with Gasteiger partial charge in [0.15, 0.2) is 6.61 Å². The van der Waals surface area contributed by atoms with Gasteiger partial charge in [-0.05, 0) is 48.4 Å². The van der Waals surface area contributed by atoms with E-state index >= 15 is 0 Å². The van der Waals surface area contributed by atoms with Gasteiger partial charge < -0.3 is 10.1 Å². The number of carbonyl (C=O) groups is 2. The molecule has 0 heterocycles. The Bertz CT molecular complexity index is 704. The second-order valence-electron chi connectivity index (χ2n) is 5.01. The molecule has 0 bridgehead atoms. The van der Waals surface area contributed by atoms with Gasteiger partial charge in [0.1, 0.15) is 5.82 Å². The topological polar surface area (TPSA) is 55.4 Å². The molecular formula is C18H18FNO3S. The molecule has 1 N–H and O–H groups in total. The van der Waals surface area contributed by atoms with E-state index in [1.54, 1.807) is 18.2 Å². The van der Waals surface area contributed by atoms with Gasteiger partial charge in [0, 0.05) is 10.6 Å². The molecule has 0 fully saturated rings. The number of nitrogens with one attached hydrogen (secondary N) is 1. The summed E-state index contributed by atoms with van der Waals surface area (Å²) in [6.45, 7) is 1.70. The van der Waals surface area contributed by atoms with Crippen molar-refractivity contribution in [3.63, 3.8) is 0 Å². The maximum atomic E-state index is 12.8. The SMILES string of the molecule is CCc1cccc(NC(=O)COC(=O)CSc2ccc(F)cc2)c1. The van der Waals surface area contributed by atoms with Gasteiger partial charge in [-0.15, -0.1) is 11.8 Å². The molecule has 1 amide bonds. The number of thioether (sulfide) groups is 1. The monoisotopic (exact) mass is 347 g/mol. The highest BCUT2D eigenvalue weighted by atomic mass is 32.2. The Balaban J connectivity index is 1.72. The zero-order valence-electron chi connectivity index (χ0n) is 13.3. The summed E-state index contributed by atoms with van der Waals surface area (Å²) in [6.07, 6.45) is 0.874. The van der Waals surface area contributed by atoms with Crippen LogP contribution in [-0.4, -0.2) is 24.2 Å². The number of hydrogen-bond donors (Lipinski definition) is 1. The van der Waals surface area contributed by atoms with Crippen molar-refractivity contribution >= 4 is 29.3 Å². The summed E-state index contributed by atoms with van der Waals surface area (Å²) < 4.78 is 17.7. The summed E-state index contributed by atoms with van der Waals surface area (Å²) in [6, 6.07) is 13.3. The number of halogens is 1. The molecule has 0 aliphatic carbocycles. The maximum absolute atomic E-state index is 12.8. The van der Waals surface area contributed by atoms with Gasteiger partial charge >= 0.3 is 5.97 Å². The summed E-state index contributed by atoms with van der Waals surface area (Å²) in [5.74, 6) is -1.15. The van der Waals surface area contributed by atoms with Crippen molar-refractivity contribution in [1.29, 1.82) is 0 Å². The quantitative estimate of drug-likeness (QED) is 0.613.